The second kappa shape index (κ2) is 8.62. The Bertz CT molecular complexity index is 873. The lowest BCUT2D eigenvalue weighted by atomic mass is 10.0. The Hall–Kier alpha value is -1.96. The molecule has 3 aromatic rings. The fourth-order valence-electron chi connectivity index (χ4n) is 3.78. The molecule has 0 atom stereocenters. The maximum Gasteiger partial charge on any atom is 0.142 e. The molecule has 1 aromatic heterocycles. The van der Waals surface area contributed by atoms with E-state index in [0.29, 0.717) is 0 Å². The highest BCUT2D eigenvalue weighted by molar-refractivity contribution is 6.07. The summed E-state index contributed by atoms with van der Waals surface area (Å²) in [5.74, 6) is 0.957. The Morgan fingerprint density at radius 3 is 2.19 bits per heavy atom. The van der Waals surface area contributed by atoms with Crippen LogP contribution in [0, 0.1) is 13.8 Å². The summed E-state index contributed by atoms with van der Waals surface area (Å²) in [7, 11) is 0. The zero-order chi connectivity index (χ0) is 18.5. The SMILES string of the molecule is CCCCCCCOc1ccc2c(oc3c(C)c(CCC)ccc32)c1C. The van der Waals surface area contributed by atoms with Crippen LogP contribution in [0.1, 0.15) is 69.1 Å². The lowest BCUT2D eigenvalue weighted by Crippen LogP contribution is -1.98. The Morgan fingerprint density at radius 1 is 0.769 bits per heavy atom. The third-order valence-electron chi connectivity index (χ3n) is 5.39. The molecule has 140 valence electrons. The van der Waals surface area contributed by atoms with Crippen LogP contribution >= 0.6 is 0 Å². The van der Waals surface area contributed by atoms with E-state index in [-0.39, 0.29) is 0 Å². The number of unbranched alkanes of at least 4 members (excludes halogenated alkanes) is 4. The van der Waals surface area contributed by atoms with Crippen molar-refractivity contribution in [1.29, 1.82) is 0 Å². The lowest BCUT2D eigenvalue weighted by molar-refractivity contribution is 0.302. The van der Waals surface area contributed by atoms with Gasteiger partial charge in [0.25, 0.3) is 0 Å². The summed E-state index contributed by atoms with van der Waals surface area (Å²) in [5.41, 5.74) is 5.79. The van der Waals surface area contributed by atoms with E-state index in [4.69, 9.17) is 9.15 Å². The molecular weight excluding hydrogens is 320 g/mol. The Morgan fingerprint density at radius 2 is 1.46 bits per heavy atom. The average molecular weight is 353 g/mol. The van der Waals surface area contributed by atoms with Gasteiger partial charge in [-0.05, 0) is 49.9 Å². The smallest absolute Gasteiger partial charge is 0.142 e. The number of rotatable bonds is 9. The molecule has 0 bridgehead atoms. The van der Waals surface area contributed by atoms with Crippen LogP contribution in [0.5, 0.6) is 5.75 Å². The number of furan rings is 1. The quantitative estimate of drug-likeness (QED) is 0.372. The molecule has 2 aromatic carbocycles. The second-order valence-electron chi connectivity index (χ2n) is 7.41. The predicted octanol–water partition coefficient (Wildman–Crippen LogP) is 7.50. The number of hydrogen-bond donors (Lipinski definition) is 0. The van der Waals surface area contributed by atoms with Crippen LogP contribution in [0.2, 0.25) is 0 Å². The molecule has 2 heteroatoms. The number of ether oxygens (including phenoxy) is 1. The van der Waals surface area contributed by atoms with Crippen molar-refractivity contribution in [3.05, 3.63) is 41.0 Å². The molecule has 0 unspecified atom stereocenters. The summed E-state index contributed by atoms with van der Waals surface area (Å²) in [4.78, 5) is 0. The fourth-order valence-corrected chi connectivity index (χ4v) is 3.78. The summed E-state index contributed by atoms with van der Waals surface area (Å²) >= 11 is 0. The van der Waals surface area contributed by atoms with E-state index in [1.807, 2.05) is 0 Å². The molecule has 0 radical (unpaired) electrons. The van der Waals surface area contributed by atoms with E-state index in [1.165, 1.54) is 47.6 Å². The molecular formula is C24H32O2. The fraction of sp³-hybridized carbons (Fsp3) is 0.500. The summed E-state index contributed by atoms with van der Waals surface area (Å²) in [5, 5.41) is 2.41. The van der Waals surface area contributed by atoms with E-state index in [9.17, 15) is 0 Å². The van der Waals surface area contributed by atoms with Crippen LogP contribution in [0.25, 0.3) is 21.9 Å². The molecule has 0 aliphatic carbocycles. The summed E-state index contributed by atoms with van der Waals surface area (Å²) in [6.07, 6.45) is 8.54. The topological polar surface area (TPSA) is 22.4 Å². The van der Waals surface area contributed by atoms with Crippen molar-refractivity contribution in [3.8, 4) is 5.75 Å². The maximum absolute atomic E-state index is 6.32. The van der Waals surface area contributed by atoms with Gasteiger partial charge in [-0.15, -0.1) is 0 Å². The van der Waals surface area contributed by atoms with Crippen molar-refractivity contribution in [2.24, 2.45) is 0 Å². The van der Waals surface area contributed by atoms with Crippen LogP contribution in [0.15, 0.2) is 28.7 Å². The van der Waals surface area contributed by atoms with Gasteiger partial charge in [-0.1, -0.05) is 58.1 Å². The molecule has 0 saturated heterocycles. The van der Waals surface area contributed by atoms with Crippen LogP contribution in [-0.2, 0) is 6.42 Å². The number of hydrogen-bond acceptors (Lipinski definition) is 2. The molecule has 0 fully saturated rings. The first-order valence-corrected chi connectivity index (χ1v) is 10.2. The van der Waals surface area contributed by atoms with E-state index in [1.54, 1.807) is 0 Å². The van der Waals surface area contributed by atoms with Crippen molar-refractivity contribution in [1.82, 2.24) is 0 Å². The zero-order valence-electron chi connectivity index (χ0n) is 16.8. The minimum absolute atomic E-state index is 0.788. The van der Waals surface area contributed by atoms with Gasteiger partial charge in [0.1, 0.15) is 16.9 Å². The number of aryl methyl sites for hydroxylation is 3. The van der Waals surface area contributed by atoms with Gasteiger partial charge < -0.3 is 9.15 Å². The molecule has 0 spiro atoms. The Balaban J connectivity index is 1.84. The largest absolute Gasteiger partial charge is 0.493 e. The zero-order valence-corrected chi connectivity index (χ0v) is 16.8. The van der Waals surface area contributed by atoms with E-state index < -0.39 is 0 Å². The van der Waals surface area contributed by atoms with Crippen molar-refractivity contribution in [2.75, 3.05) is 6.61 Å². The monoisotopic (exact) mass is 352 g/mol. The lowest BCUT2D eigenvalue weighted by Gasteiger charge is -2.09. The highest BCUT2D eigenvalue weighted by Gasteiger charge is 2.15. The minimum atomic E-state index is 0.788. The van der Waals surface area contributed by atoms with Gasteiger partial charge in [-0.2, -0.15) is 0 Å². The van der Waals surface area contributed by atoms with Crippen LogP contribution in [-0.4, -0.2) is 6.61 Å². The highest BCUT2D eigenvalue weighted by Crippen LogP contribution is 2.37. The van der Waals surface area contributed by atoms with Crippen LogP contribution < -0.4 is 4.74 Å². The first-order chi connectivity index (χ1) is 12.7. The molecule has 26 heavy (non-hydrogen) atoms. The van der Waals surface area contributed by atoms with Gasteiger partial charge in [0.2, 0.25) is 0 Å². The highest BCUT2D eigenvalue weighted by atomic mass is 16.5. The molecule has 2 nitrogen and oxygen atoms in total. The first kappa shape index (κ1) is 18.8. The first-order valence-electron chi connectivity index (χ1n) is 10.2. The predicted molar refractivity (Wildman–Crippen MR) is 111 cm³/mol. The van der Waals surface area contributed by atoms with E-state index >= 15 is 0 Å². The Labute approximate surface area is 157 Å². The summed E-state index contributed by atoms with van der Waals surface area (Å²) in [6.45, 7) is 9.54. The molecule has 0 saturated carbocycles. The number of benzene rings is 2. The van der Waals surface area contributed by atoms with Gasteiger partial charge in [0.05, 0.1) is 6.61 Å². The molecule has 1 heterocycles. The van der Waals surface area contributed by atoms with Crippen LogP contribution in [0.3, 0.4) is 0 Å². The molecule has 0 aliphatic rings. The third kappa shape index (κ3) is 3.75. The number of fused-ring (bicyclic) bond motifs is 3. The van der Waals surface area contributed by atoms with Crippen molar-refractivity contribution in [2.45, 2.75) is 72.6 Å². The standard InChI is InChI=1S/C24H32O2/c1-5-7-8-9-10-16-25-22-15-14-21-20-13-12-19(11-6-2)17(3)23(20)26-24(21)18(22)4/h12-15H,5-11,16H2,1-4H3. The van der Waals surface area contributed by atoms with Gasteiger partial charge in [0, 0.05) is 16.3 Å². The molecule has 0 aliphatic heterocycles. The van der Waals surface area contributed by atoms with Crippen molar-refractivity contribution in [3.63, 3.8) is 0 Å². The van der Waals surface area contributed by atoms with E-state index in [2.05, 4.69) is 52.0 Å². The third-order valence-corrected chi connectivity index (χ3v) is 5.39. The average Bonchev–Trinajstić information content (AvgIpc) is 3.02. The van der Waals surface area contributed by atoms with Gasteiger partial charge in [0.15, 0.2) is 0 Å². The van der Waals surface area contributed by atoms with Crippen molar-refractivity contribution < 1.29 is 9.15 Å². The van der Waals surface area contributed by atoms with Gasteiger partial charge in [-0.25, -0.2) is 0 Å². The van der Waals surface area contributed by atoms with E-state index in [0.717, 1.165) is 48.3 Å². The second-order valence-corrected chi connectivity index (χ2v) is 7.41. The van der Waals surface area contributed by atoms with Crippen LogP contribution in [0.4, 0.5) is 0 Å². The molecule has 0 N–H and O–H groups in total. The van der Waals surface area contributed by atoms with Crippen molar-refractivity contribution >= 4 is 21.9 Å². The maximum atomic E-state index is 6.32. The Kier molecular flexibility index (Phi) is 6.24. The normalized spacial score (nSPS) is 11.5. The summed E-state index contributed by atoms with van der Waals surface area (Å²) in [6, 6.07) is 8.73. The molecule has 0 amide bonds. The van der Waals surface area contributed by atoms with Gasteiger partial charge >= 0.3 is 0 Å². The van der Waals surface area contributed by atoms with Gasteiger partial charge in [-0.3, -0.25) is 0 Å². The minimum Gasteiger partial charge on any atom is -0.493 e. The summed E-state index contributed by atoms with van der Waals surface area (Å²) < 4.78 is 12.4. The molecule has 3 rings (SSSR count).